The third-order valence-corrected chi connectivity index (χ3v) is 7.07. The number of amides is 1. The van der Waals surface area contributed by atoms with Crippen LogP contribution >= 0.6 is 0 Å². The maximum atomic E-state index is 13.7. The molecule has 1 saturated carbocycles. The van der Waals surface area contributed by atoms with Gasteiger partial charge in [0.25, 0.3) is 5.91 Å². The van der Waals surface area contributed by atoms with Gasteiger partial charge in [0, 0.05) is 18.0 Å². The van der Waals surface area contributed by atoms with E-state index in [0.29, 0.717) is 24.5 Å². The van der Waals surface area contributed by atoms with E-state index in [4.69, 9.17) is 9.97 Å². The van der Waals surface area contributed by atoms with Gasteiger partial charge in [0.05, 0.1) is 17.0 Å². The standard InChI is InChI=1S/C29H36N4O/c1-4-21(3)31-28-32-24(5-2)25(27(34)30-20-22-14-8-6-9-15-22)26(33-28)29(18-12-13-19-29)23-16-10-7-11-17-23/h6-11,14-17,21H,4-5,12-13,18-20H2,1-3H3,(H,30,34)(H,31,32,33). The molecule has 1 amide bonds. The third-order valence-electron chi connectivity index (χ3n) is 7.07. The normalized spacial score (nSPS) is 15.6. The van der Waals surface area contributed by atoms with Gasteiger partial charge < -0.3 is 10.6 Å². The molecule has 1 atom stereocenters. The van der Waals surface area contributed by atoms with Crippen LogP contribution in [-0.4, -0.2) is 21.9 Å². The summed E-state index contributed by atoms with van der Waals surface area (Å²) in [6, 6.07) is 20.9. The number of rotatable bonds is 9. The van der Waals surface area contributed by atoms with E-state index in [2.05, 4.69) is 55.7 Å². The lowest BCUT2D eigenvalue weighted by molar-refractivity contribution is 0.0946. The van der Waals surface area contributed by atoms with Crippen molar-refractivity contribution in [1.29, 1.82) is 0 Å². The highest BCUT2D eigenvalue weighted by molar-refractivity contribution is 5.97. The van der Waals surface area contributed by atoms with E-state index in [0.717, 1.165) is 49.1 Å². The summed E-state index contributed by atoms with van der Waals surface area (Å²) in [6.07, 6.45) is 5.86. The zero-order chi connectivity index (χ0) is 24.0. The van der Waals surface area contributed by atoms with Crippen LogP contribution in [0.2, 0.25) is 0 Å². The molecule has 1 heterocycles. The largest absolute Gasteiger partial charge is 0.352 e. The summed E-state index contributed by atoms with van der Waals surface area (Å²) >= 11 is 0. The Balaban J connectivity index is 1.83. The van der Waals surface area contributed by atoms with E-state index in [9.17, 15) is 4.79 Å². The highest BCUT2D eigenvalue weighted by Gasteiger charge is 2.42. The molecular weight excluding hydrogens is 420 g/mol. The Bertz CT molecular complexity index is 1090. The molecule has 1 fully saturated rings. The molecule has 3 aromatic rings. The lowest BCUT2D eigenvalue weighted by atomic mass is 9.74. The van der Waals surface area contributed by atoms with Crippen molar-refractivity contribution in [3.8, 4) is 0 Å². The van der Waals surface area contributed by atoms with Gasteiger partial charge in [0.15, 0.2) is 0 Å². The summed E-state index contributed by atoms with van der Waals surface area (Å²) in [4.78, 5) is 23.6. The van der Waals surface area contributed by atoms with Crippen molar-refractivity contribution < 1.29 is 4.79 Å². The Hall–Kier alpha value is -3.21. The van der Waals surface area contributed by atoms with Crippen LogP contribution in [0.15, 0.2) is 60.7 Å². The second-order valence-corrected chi connectivity index (χ2v) is 9.35. The molecule has 4 rings (SSSR count). The zero-order valence-corrected chi connectivity index (χ0v) is 20.6. The zero-order valence-electron chi connectivity index (χ0n) is 20.6. The second kappa shape index (κ2) is 10.8. The van der Waals surface area contributed by atoms with Crippen LogP contribution in [0.1, 0.15) is 85.7 Å². The van der Waals surface area contributed by atoms with E-state index in [1.807, 2.05) is 36.4 Å². The molecule has 5 heteroatoms. The number of benzene rings is 2. The molecule has 1 aromatic heterocycles. The van der Waals surface area contributed by atoms with E-state index in [1.165, 1.54) is 5.56 Å². The molecule has 2 aromatic carbocycles. The van der Waals surface area contributed by atoms with Crippen LogP contribution in [0.4, 0.5) is 5.95 Å². The van der Waals surface area contributed by atoms with Crippen LogP contribution in [0.3, 0.4) is 0 Å². The number of carbonyl (C=O) groups is 1. The van der Waals surface area contributed by atoms with Gasteiger partial charge in [0.1, 0.15) is 0 Å². The predicted octanol–water partition coefficient (Wildman–Crippen LogP) is 6.04. The van der Waals surface area contributed by atoms with Gasteiger partial charge in [-0.05, 0) is 43.7 Å². The highest BCUT2D eigenvalue weighted by Crippen LogP contribution is 2.47. The fourth-order valence-corrected chi connectivity index (χ4v) is 5.00. The molecule has 5 nitrogen and oxygen atoms in total. The fraction of sp³-hybridized carbons (Fsp3) is 0.414. The molecule has 0 bridgehead atoms. The van der Waals surface area contributed by atoms with Crippen molar-refractivity contribution in [2.45, 2.75) is 77.3 Å². The lowest BCUT2D eigenvalue weighted by Crippen LogP contribution is -2.34. The van der Waals surface area contributed by atoms with Gasteiger partial charge in [-0.3, -0.25) is 4.79 Å². The summed E-state index contributed by atoms with van der Waals surface area (Å²) in [5, 5.41) is 6.62. The number of carbonyl (C=O) groups excluding carboxylic acids is 1. The van der Waals surface area contributed by atoms with E-state index >= 15 is 0 Å². The van der Waals surface area contributed by atoms with Crippen molar-refractivity contribution in [2.75, 3.05) is 5.32 Å². The van der Waals surface area contributed by atoms with Crippen molar-refractivity contribution in [3.05, 3.63) is 88.7 Å². The van der Waals surface area contributed by atoms with Gasteiger partial charge in [-0.2, -0.15) is 0 Å². The first-order valence-electron chi connectivity index (χ1n) is 12.6. The predicted molar refractivity (Wildman–Crippen MR) is 138 cm³/mol. The van der Waals surface area contributed by atoms with E-state index in [-0.39, 0.29) is 17.4 Å². The number of aryl methyl sites for hydroxylation is 1. The minimum atomic E-state index is -0.278. The molecule has 0 aliphatic heterocycles. The van der Waals surface area contributed by atoms with E-state index in [1.54, 1.807) is 0 Å². The maximum Gasteiger partial charge on any atom is 0.255 e. The van der Waals surface area contributed by atoms with Crippen LogP contribution in [0, 0.1) is 0 Å². The summed E-state index contributed by atoms with van der Waals surface area (Å²) in [5.74, 6) is 0.538. The quantitative estimate of drug-likeness (QED) is 0.412. The Kier molecular flexibility index (Phi) is 7.61. The molecule has 0 radical (unpaired) electrons. The SMILES string of the molecule is CCc1nc(NC(C)CC)nc(C2(c3ccccc3)CCCC2)c1C(=O)NCc1ccccc1. The van der Waals surface area contributed by atoms with Gasteiger partial charge in [-0.25, -0.2) is 9.97 Å². The number of nitrogens with one attached hydrogen (secondary N) is 2. The van der Waals surface area contributed by atoms with Crippen LogP contribution in [0.25, 0.3) is 0 Å². The number of hydrogen-bond donors (Lipinski definition) is 2. The first-order chi connectivity index (χ1) is 16.6. The highest BCUT2D eigenvalue weighted by atomic mass is 16.1. The lowest BCUT2D eigenvalue weighted by Gasteiger charge is -2.32. The van der Waals surface area contributed by atoms with Crippen molar-refractivity contribution in [1.82, 2.24) is 15.3 Å². The van der Waals surface area contributed by atoms with Gasteiger partial charge >= 0.3 is 0 Å². The average Bonchev–Trinajstić information content (AvgIpc) is 3.39. The molecule has 2 N–H and O–H groups in total. The molecule has 34 heavy (non-hydrogen) atoms. The van der Waals surface area contributed by atoms with Crippen molar-refractivity contribution in [2.24, 2.45) is 0 Å². The molecule has 1 aliphatic rings. The van der Waals surface area contributed by atoms with Crippen LogP contribution < -0.4 is 10.6 Å². The molecule has 0 saturated heterocycles. The second-order valence-electron chi connectivity index (χ2n) is 9.35. The van der Waals surface area contributed by atoms with Crippen molar-refractivity contribution >= 4 is 11.9 Å². The van der Waals surface area contributed by atoms with Crippen LogP contribution in [-0.2, 0) is 18.4 Å². The Morgan fingerprint density at radius 1 is 0.971 bits per heavy atom. The summed E-state index contributed by atoms with van der Waals surface area (Å²) < 4.78 is 0. The Labute approximate surface area is 203 Å². The molecular formula is C29H36N4O. The molecule has 1 unspecified atom stereocenters. The van der Waals surface area contributed by atoms with Gasteiger partial charge in [0.2, 0.25) is 5.95 Å². The minimum absolute atomic E-state index is 0.0898. The summed E-state index contributed by atoms with van der Waals surface area (Å²) in [7, 11) is 0. The maximum absolute atomic E-state index is 13.7. The molecule has 178 valence electrons. The van der Waals surface area contributed by atoms with E-state index < -0.39 is 0 Å². The molecule has 0 spiro atoms. The number of hydrogen-bond acceptors (Lipinski definition) is 4. The monoisotopic (exact) mass is 456 g/mol. The number of anilines is 1. The Morgan fingerprint density at radius 3 is 2.24 bits per heavy atom. The number of aromatic nitrogens is 2. The topological polar surface area (TPSA) is 66.9 Å². The van der Waals surface area contributed by atoms with Crippen LogP contribution in [0.5, 0.6) is 0 Å². The minimum Gasteiger partial charge on any atom is -0.352 e. The fourth-order valence-electron chi connectivity index (χ4n) is 5.00. The third kappa shape index (κ3) is 4.98. The smallest absolute Gasteiger partial charge is 0.255 e. The summed E-state index contributed by atoms with van der Waals surface area (Å²) in [5.41, 5.74) is 4.37. The number of nitrogens with zero attached hydrogens (tertiary/aromatic N) is 2. The molecule has 1 aliphatic carbocycles. The van der Waals surface area contributed by atoms with Gasteiger partial charge in [-0.1, -0.05) is 87.4 Å². The summed E-state index contributed by atoms with van der Waals surface area (Å²) in [6.45, 7) is 6.83. The first kappa shape index (κ1) is 23.9. The van der Waals surface area contributed by atoms with Gasteiger partial charge in [-0.15, -0.1) is 0 Å². The Morgan fingerprint density at radius 2 is 1.62 bits per heavy atom. The average molecular weight is 457 g/mol. The first-order valence-corrected chi connectivity index (χ1v) is 12.6. The van der Waals surface area contributed by atoms with Crippen molar-refractivity contribution in [3.63, 3.8) is 0 Å².